The second-order valence-corrected chi connectivity index (χ2v) is 7.58. The van der Waals surface area contributed by atoms with Gasteiger partial charge in [0.2, 0.25) is 5.52 Å². The Balaban J connectivity index is 1.56. The maximum absolute atomic E-state index is 11.1. The highest BCUT2D eigenvalue weighted by atomic mass is 32.1. The first-order chi connectivity index (χ1) is 13.1. The third kappa shape index (κ3) is 3.64. The third-order valence-electron chi connectivity index (χ3n) is 4.93. The van der Waals surface area contributed by atoms with E-state index in [-0.39, 0.29) is 17.2 Å². The molecule has 0 radical (unpaired) electrons. The summed E-state index contributed by atoms with van der Waals surface area (Å²) in [4.78, 5) is 16.8. The Morgan fingerprint density at radius 3 is 2.74 bits per heavy atom. The van der Waals surface area contributed by atoms with Gasteiger partial charge in [0.25, 0.3) is 0 Å². The number of aromatic nitrogens is 2. The number of benzene rings is 1. The van der Waals surface area contributed by atoms with Gasteiger partial charge < -0.3 is 10.2 Å². The number of likely N-dealkylation sites (N-methyl/N-ethyl adjacent to an activating group) is 1. The first kappa shape index (κ1) is 17.8. The zero-order valence-electron chi connectivity index (χ0n) is 14.9. The second-order valence-electron chi connectivity index (χ2n) is 6.60. The summed E-state index contributed by atoms with van der Waals surface area (Å²) in [6, 6.07) is 7.54. The highest BCUT2D eigenvalue weighted by Crippen LogP contribution is 2.31. The van der Waals surface area contributed by atoms with E-state index < -0.39 is 4.92 Å². The summed E-state index contributed by atoms with van der Waals surface area (Å²) in [5.41, 5.74) is 1.13. The number of hydrogen-bond acceptors (Lipinski definition) is 9. The summed E-state index contributed by atoms with van der Waals surface area (Å²) in [5, 5.41) is 24.2. The van der Waals surface area contributed by atoms with Crippen LogP contribution in [0, 0.1) is 10.1 Å². The van der Waals surface area contributed by atoms with Crippen molar-refractivity contribution >= 4 is 33.7 Å². The van der Waals surface area contributed by atoms with Crippen LogP contribution in [0.4, 0.5) is 11.4 Å². The number of nitrogens with zero attached hydrogens (tertiary/aromatic N) is 5. The lowest BCUT2D eigenvalue weighted by molar-refractivity contribution is -0.383. The molecule has 1 fully saturated rings. The predicted octanol–water partition coefficient (Wildman–Crippen LogP) is 2.59. The molecule has 10 heteroatoms. The number of rotatable bonds is 6. The molecule has 1 aliphatic heterocycles. The van der Waals surface area contributed by atoms with Crippen LogP contribution in [-0.2, 0) is 0 Å². The van der Waals surface area contributed by atoms with E-state index >= 15 is 0 Å². The number of hydrogen-bond donors (Lipinski definition) is 1. The fourth-order valence-electron chi connectivity index (χ4n) is 3.37. The molecule has 9 nitrogen and oxygen atoms in total. The predicted molar refractivity (Wildman–Crippen MR) is 103 cm³/mol. The monoisotopic (exact) mass is 388 g/mol. The topological polar surface area (TPSA) is 101 Å². The van der Waals surface area contributed by atoms with Gasteiger partial charge in [-0.15, -0.1) is 11.3 Å². The van der Waals surface area contributed by atoms with Gasteiger partial charge in [-0.25, -0.2) is 4.63 Å². The Labute approximate surface area is 159 Å². The molecule has 0 bridgehead atoms. The molecule has 2 aromatic heterocycles. The molecule has 27 heavy (non-hydrogen) atoms. The Hall–Kier alpha value is -2.56. The van der Waals surface area contributed by atoms with Gasteiger partial charge in [-0.05, 0) is 34.9 Å². The summed E-state index contributed by atoms with van der Waals surface area (Å²) in [6.07, 6.45) is 0. The van der Waals surface area contributed by atoms with E-state index in [4.69, 9.17) is 4.63 Å². The zero-order chi connectivity index (χ0) is 18.8. The van der Waals surface area contributed by atoms with Crippen molar-refractivity contribution in [2.75, 3.05) is 45.1 Å². The van der Waals surface area contributed by atoms with Crippen LogP contribution in [0.3, 0.4) is 0 Å². The highest BCUT2D eigenvalue weighted by molar-refractivity contribution is 7.10. The molecule has 0 aliphatic carbocycles. The molecule has 1 saturated heterocycles. The maximum atomic E-state index is 11.1. The van der Waals surface area contributed by atoms with Crippen LogP contribution in [0.5, 0.6) is 0 Å². The van der Waals surface area contributed by atoms with Gasteiger partial charge in [0.1, 0.15) is 0 Å². The minimum absolute atomic E-state index is 0.106. The number of nitro benzene ring substituents is 1. The molecule has 1 N–H and O–H groups in total. The molecule has 142 valence electrons. The molecular weight excluding hydrogens is 368 g/mol. The van der Waals surface area contributed by atoms with Crippen LogP contribution in [0.2, 0.25) is 0 Å². The van der Waals surface area contributed by atoms with E-state index in [2.05, 4.69) is 50.0 Å². The fraction of sp³-hybridized carbons (Fsp3) is 0.412. The summed E-state index contributed by atoms with van der Waals surface area (Å²) < 4.78 is 4.75. The highest BCUT2D eigenvalue weighted by Gasteiger charge is 2.26. The Morgan fingerprint density at radius 1 is 1.26 bits per heavy atom. The molecule has 1 aliphatic rings. The van der Waals surface area contributed by atoms with Gasteiger partial charge in [-0.1, -0.05) is 6.07 Å². The van der Waals surface area contributed by atoms with Gasteiger partial charge in [0.05, 0.1) is 16.7 Å². The van der Waals surface area contributed by atoms with Crippen LogP contribution in [0.1, 0.15) is 10.9 Å². The molecular formula is C17H20N6O3S. The van der Waals surface area contributed by atoms with Gasteiger partial charge in [-0.3, -0.25) is 15.0 Å². The molecule has 3 heterocycles. The van der Waals surface area contributed by atoms with Crippen molar-refractivity contribution in [3.05, 3.63) is 44.6 Å². The van der Waals surface area contributed by atoms with E-state index in [0.717, 1.165) is 26.2 Å². The van der Waals surface area contributed by atoms with E-state index in [0.29, 0.717) is 17.7 Å². The van der Waals surface area contributed by atoms with Crippen LogP contribution in [0.15, 0.2) is 34.3 Å². The first-order valence-corrected chi connectivity index (χ1v) is 9.61. The van der Waals surface area contributed by atoms with Crippen molar-refractivity contribution in [2.24, 2.45) is 0 Å². The average molecular weight is 388 g/mol. The van der Waals surface area contributed by atoms with Gasteiger partial charge >= 0.3 is 5.69 Å². The summed E-state index contributed by atoms with van der Waals surface area (Å²) in [5.74, 6) is 0. The van der Waals surface area contributed by atoms with E-state index in [9.17, 15) is 10.1 Å². The number of anilines is 1. The lowest BCUT2D eigenvalue weighted by Gasteiger charge is -2.37. The Morgan fingerprint density at radius 2 is 2.04 bits per heavy atom. The normalized spacial score (nSPS) is 17.2. The van der Waals surface area contributed by atoms with Crippen LogP contribution >= 0.6 is 11.3 Å². The average Bonchev–Trinajstić information content (AvgIpc) is 3.35. The van der Waals surface area contributed by atoms with Gasteiger partial charge in [0.15, 0.2) is 5.52 Å². The van der Waals surface area contributed by atoms with E-state index in [1.165, 1.54) is 10.9 Å². The van der Waals surface area contributed by atoms with Gasteiger partial charge in [0, 0.05) is 43.7 Å². The standard InChI is InChI=1S/C17H20N6O3S/c1-21-6-8-22(9-7-21)14(15-3-2-10-27-15)11-18-12-4-5-13(23(24)25)17-16(12)19-26-20-17/h2-5,10,14,18H,6-9,11H2,1H3. The van der Waals surface area contributed by atoms with Crippen molar-refractivity contribution in [2.45, 2.75) is 6.04 Å². The molecule has 3 aromatic rings. The maximum Gasteiger partial charge on any atom is 0.300 e. The molecule has 4 rings (SSSR count). The second kappa shape index (κ2) is 7.59. The molecule has 0 spiro atoms. The summed E-state index contributed by atoms with van der Waals surface area (Å²) in [7, 11) is 2.14. The third-order valence-corrected chi connectivity index (χ3v) is 5.90. The SMILES string of the molecule is CN1CCN(C(CNc2ccc([N+](=O)[O-])c3nonc23)c2cccs2)CC1. The van der Waals surface area contributed by atoms with Crippen molar-refractivity contribution in [3.8, 4) is 0 Å². The van der Waals surface area contributed by atoms with Crippen molar-refractivity contribution in [1.82, 2.24) is 20.1 Å². The largest absolute Gasteiger partial charge is 0.381 e. The van der Waals surface area contributed by atoms with Crippen LogP contribution in [-0.4, -0.2) is 64.8 Å². The minimum Gasteiger partial charge on any atom is -0.381 e. The van der Waals surface area contributed by atoms with Gasteiger partial charge in [-0.2, -0.15) is 0 Å². The quantitative estimate of drug-likeness (QED) is 0.508. The Kier molecular flexibility index (Phi) is 5.01. The molecule has 0 amide bonds. The minimum atomic E-state index is -0.477. The number of piperazine rings is 1. The number of non-ortho nitro benzene ring substituents is 1. The van der Waals surface area contributed by atoms with E-state index in [1.54, 1.807) is 17.4 Å². The lowest BCUT2D eigenvalue weighted by atomic mass is 10.1. The Bertz CT molecular complexity index is 920. The lowest BCUT2D eigenvalue weighted by Crippen LogP contribution is -2.47. The number of thiophene rings is 1. The molecule has 0 saturated carbocycles. The van der Waals surface area contributed by atoms with Crippen molar-refractivity contribution in [3.63, 3.8) is 0 Å². The molecule has 1 unspecified atom stereocenters. The van der Waals surface area contributed by atoms with Crippen LogP contribution < -0.4 is 5.32 Å². The number of fused-ring (bicyclic) bond motifs is 1. The zero-order valence-corrected chi connectivity index (χ0v) is 15.7. The van der Waals surface area contributed by atoms with Crippen LogP contribution in [0.25, 0.3) is 11.0 Å². The summed E-state index contributed by atoms with van der Waals surface area (Å²) >= 11 is 1.74. The van der Waals surface area contributed by atoms with E-state index in [1.807, 2.05) is 0 Å². The molecule has 1 aromatic carbocycles. The number of nitro groups is 1. The van der Waals surface area contributed by atoms with Crippen molar-refractivity contribution in [1.29, 1.82) is 0 Å². The smallest absolute Gasteiger partial charge is 0.300 e. The summed E-state index contributed by atoms with van der Waals surface area (Å²) in [6.45, 7) is 4.75. The first-order valence-electron chi connectivity index (χ1n) is 8.73. The number of nitrogens with one attached hydrogen (secondary N) is 1. The fourth-order valence-corrected chi connectivity index (χ4v) is 4.24. The molecule has 1 atom stereocenters. The van der Waals surface area contributed by atoms with Crippen molar-refractivity contribution < 1.29 is 9.55 Å².